The van der Waals surface area contributed by atoms with Crippen molar-refractivity contribution in [2.24, 2.45) is 5.73 Å². The lowest BCUT2D eigenvalue weighted by Gasteiger charge is -2.06. The van der Waals surface area contributed by atoms with Gasteiger partial charge < -0.3 is 10.5 Å². The van der Waals surface area contributed by atoms with E-state index in [9.17, 15) is 0 Å². The van der Waals surface area contributed by atoms with Gasteiger partial charge in [0.05, 0.1) is 17.3 Å². The zero-order valence-electron chi connectivity index (χ0n) is 9.00. The van der Waals surface area contributed by atoms with E-state index in [0.29, 0.717) is 29.7 Å². The van der Waals surface area contributed by atoms with Crippen LogP contribution in [-0.2, 0) is 6.54 Å². The lowest BCUT2D eigenvalue weighted by Crippen LogP contribution is -2.04. The third-order valence-corrected chi connectivity index (χ3v) is 2.43. The Labute approximate surface area is 95.6 Å². The summed E-state index contributed by atoms with van der Waals surface area (Å²) in [6.07, 6.45) is 3.42. The number of hydrogen-bond donors (Lipinski definition) is 1. The van der Waals surface area contributed by atoms with Crippen molar-refractivity contribution in [2.45, 2.75) is 32.7 Å². The van der Waals surface area contributed by atoms with Gasteiger partial charge in [-0.1, -0.05) is 31.4 Å². The van der Waals surface area contributed by atoms with E-state index in [-0.39, 0.29) is 0 Å². The molecule has 2 N–H and O–H groups in total. The van der Waals surface area contributed by atoms with Gasteiger partial charge in [-0.15, -0.1) is 0 Å². The number of halogens is 1. The zero-order valence-corrected chi connectivity index (χ0v) is 9.76. The molecule has 4 heteroatoms. The molecule has 0 bridgehead atoms. The van der Waals surface area contributed by atoms with Crippen LogP contribution in [0.1, 0.15) is 31.9 Å². The minimum absolute atomic E-state index is 0.338. The van der Waals surface area contributed by atoms with Crippen LogP contribution in [0.2, 0.25) is 5.02 Å². The maximum atomic E-state index is 5.88. The molecule has 3 nitrogen and oxygen atoms in total. The molecule has 0 aliphatic rings. The Balaban J connectivity index is 2.47. The van der Waals surface area contributed by atoms with Crippen LogP contribution in [0.25, 0.3) is 0 Å². The highest BCUT2D eigenvalue weighted by atomic mass is 35.5. The summed E-state index contributed by atoms with van der Waals surface area (Å²) in [5.74, 6) is 0.607. The SMILES string of the molecule is CCCCCOc1ccc(Cl)c(CN)n1. The number of nitrogens with zero attached hydrogens (tertiary/aromatic N) is 1. The van der Waals surface area contributed by atoms with E-state index < -0.39 is 0 Å². The molecule has 0 radical (unpaired) electrons. The van der Waals surface area contributed by atoms with Crippen LogP contribution >= 0.6 is 11.6 Å². The first-order valence-corrected chi connectivity index (χ1v) is 5.64. The number of nitrogens with two attached hydrogens (primary N) is 1. The highest BCUT2D eigenvalue weighted by Crippen LogP contribution is 2.17. The van der Waals surface area contributed by atoms with E-state index in [1.54, 1.807) is 12.1 Å². The first kappa shape index (κ1) is 12.3. The predicted octanol–water partition coefficient (Wildman–Crippen LogP) is 2.76. The molecule has 0 saturated carbocycles. The van der Waals surface area contributed by atoms with Crippen molar-refractivity contribution in [3.05, 3.63) is 22.8 Å². The van der Waals surface area contributed by atoms with Gasteiger partial charge in [0.2, 0.25) is 5.88 Å². The smallest absolute Gasteiger partial charge is 0.213 e. The second-order valence-electron chi connectivity index (χ2n) is 3.34. The van der Waals surface area contributed by atoms with Gasteiger partial charge in [-0.3, -0.25) is 0 Å². The molecule has 84 valence electrons. The third kappa shape index (κ3) is 4.06. The maximum absolute atomic E-state index is 5.88. The van der Waals surface area contributed by atoms with Crippen LogP contribution in [-0.4, -0.2) is 11.6 Å². The van der Waals surface area contributed by atoms with Crippen LogP contribution in [0, 0.1) is 0 Å². The van der Waals surface area contributed by atoms with E-state index >= 15 is 0 Å². The van der Waals surface area contributed by atoms with Gasteiger partial charge in [0, 0.05) is 12.6 Å². The fourth-order valence-corrected chi connectivity index (χ4v) is 1.40. The molecule has 0 spiro atoms. The van der Waals surface area contributed by atoms with E-state index in [1.165, 1.54) is 12.8 Å². The summed E-state index contributed by atoms with van der Waals surface area (Å²) < 4.78 is 5.48. The minimum Gasteiger partial charge on any atom is -0.478 e. The molecule has 0 amide bonds. The Bertz CT molecular complexity index is 305. The van der Waals surface area contributed by atoms with Crippen molar-refractivity contribution in [3.8, 4) is 5.88 Å². The number of ether oxygens (including phenoxy) is 1. The maximum Gasteiger partial charge on any atom is 0.213 e. The summed E-state index contributed by atoms with van der Waals surface area (Å²) in [7, 11) is 0. The van der Waals surface area contributed by atoms with Gasteiger partial charge in [0.1, 0.15) is 0 Å². The predicted molar refractivity (Wildman–Crippen MR) is 62.2 cm³/mol. The second-order valence-corrected chi connectivity index (χ2v) is 3.74. The first-order valence-electron chi connectivity index (χ1n) is 5.26. The molecule has 0 aliphatic carbocycles. The van der Waals surface area contributed by atoms with E-state index in [1.807, 2.05) is 0 Å². The van der Waals surface area contributed by atoms with Crippen molar-refractivity contribution < 1.29 is 4.74 Å². The van der Waals surface area contributed by atoms with Crippen LogP contribution in [0.15, 0.2) is 12.1 Å². The topological polar surface area (TPSA) is 48.1 Å². The Morgan fingerprint density at radius 1 is 1.40 bits per heavy atom. The number of aromatic nitrogens is 1. The fourth-order valence-electron chi connectivity index (χ4n) is 1.22. The van der Waals surface area contributed by atoms with E-state index in [2.05, 4.69) is 11.9 Å². The van der Waals surface area contributed by atoms with Crippen LogP contribution < -0.4 is 10.5 Å². The molecular formula is C11H17ClN2O. The van der Waals surface area contributed by atoms with Gasteiger partial charge in [0.15, 0.2) is 0 Å². The highest BCUT2D eigenvalue weighted by molar-refractivity contribution is 6.31. The van der Waals surface area contributed by atoms with Crippen LogP contribution in [0.5, 0.6) is 5.88 Å². The number of pyridine rings is 1. The van der Waals surface area contributed by atoms with Gasteiger partial charge in [-0.2, -0.15) is 0 Å². The molecule has 1 aromatic heterocycles. The summed E-state index contributed by atoms with van der Waals surface area (Å²) in [6.45, 7) is 3.20. The zero-order chi connectivity index (χ0) is 11.1. The van der Waals surface area contributed by atoms with Crippen LogP contribution in [0.4, 0.5) is 0 Å². The number of rotatable bonds is 6. The normalized spacial score (nSPS) is 10.3. The Morgan fingerprint density at radius 2 is 2.20 bits per heavy atom. The van der Waals surface area contributed by atoms with Crippen LogP contribution in [0.3, 0.4) is 0 Å². The quantitative estimate of drug-likeness (QED) is 0.762. The molecule has 0 aliphatic heterocycles. The Morgan fingerprint density at radius 3 is 2.87 bits per heavy atom. The molecule has 1 aromatic rings. The molecule has 0 atom stereocenters. The Hall–Kier alpha value is -0.800. The molecule has 15 heavy (non-hydrogen) atoms. The number of unbranched alkanes of at least 4 members (excludes halogenated alkanes) is 2. The van der Waals surface area contributed by atoms with Crippen molar-refractivity contribution in [2.75, 3.05) is 6.61 Å². The lowest BCUT2D eigenvalue weighted by molar-refractivity contribution is 0.294. The largest absolute Gasteiger partial charge is 0.478 e. The number of hydrogen-bond acceptors (Lipinski definition) is 3. The van der Waals surface area contributed by atoms with Gasteiger partial charge in [-0.05, 0) is 12.5 Å². The summed E-state index contributed by atoms with van der Waals surface area (Å²) in [4.78, 5) is 4.21. The summed E-state index contributed by atoms with van der Waals surface area (Å²) in [5.41, 5.74) is 6.18. The monoisotopic (exact) mass is 228 g/mol. The van der Waals surface area contributed by atoms with Gasteiger partial charge in [0.25, 0.3) is 0 Å². The minimum atomic E-state index is 0.338. The molecule has 0 fully saturated rings. The highest BCUT2D eigenvalue weighted by Gasteiger charge is 2.02. The molecule has 0 aromatic carbocycles. The molecular weight excluding hydrogens is 212 g/mol. The molecule has 0 unspecified atom stereocenters. The van der Waals surface area contributed by atoms with E-state index in [0.717, 1.165) is 6.42 Å². The van der Waals surface area contributed by atoms with Crippen molar-refractivity contribution in [3.63, 3.8) is 0 Å². The second kappa shape index (κ2) is 6.64. The average molecular weight is 229 g/mol. The Kier molecular flexibility index (Phi) is 5.43. The standard InChI is InChI=1S/C11H17ClN2O/c1-2-3-4-7-15-11-6-5-9(12)10(8-13)14-11/h5-6H,2-4,7-8,13H2,1H3. The van der Waals surface area contributed by atoms with Crippen molar-refractivity contribution in [1.82, 2.24) is 4.98 Å². The molecule has 1 heterocycles. The summed E-state index contributed by atoms with van der Waals surface area (Å²) in [5, 5.41) is 0.596. The summed E-state index contributed by atoms with van der Waals surface area (Å²) >= 11 is 5.88. The third-order valence-electron chi connectivity index (χ3n) is 2.08. The first-order chi connectivity index (χ1) is 7.27. The average Bonchev–Trinajstić information content (AvgIpc) is 2.26. The van der Waals surface area contributed by atoms with Gasteiger partial charge >= 0.3 is 0 Å². The lowest BCUT2D eigenvalue weighted by atomic mass is 10.3. The fraction of sp³-hybridized carbons (Fsp3) is 0.545. The summed E-state index contributed by atoms with van der Waals surface area (Å²) in [6, 6.07) is 3.54. The molecule has 0 saturated heterocycles. The van der Waals surface area contributed by atoms with E-state index in [4.69, 9.17) is 22.1 Å². The van der Waals surface area contributed by atoms with Crippen molar-refractivity contribution in [1.29, 1.82) is 0 Å². The molecule has 1 rings (SSSR count). The van der Waals surface area contributed by atoms with Crippen molar-refractivity contribution >= 4 is 11.6 Å². The van der Waals surface area contributed by atoms with Gasteiger partial charge in [-0.25, -0.2) is 4.98 Å².